The second kappa shape index (κ2) is 5.80. The van der Waals surface area contributed by atoms with Crippen LogP contribution in [0.25, 0.3) is 0 Å². The molecule has 2 aromatic rings. The molecule has 2 rings (SSSR count). The van der Waals surface area contributed by atoms with Gasteiger partial charge in [-0.15, -0.1) is 0 Å². The Hall–Kier alpha value is -1.94. The number of rotatable bonds is 4. The molecule has 0 aromatic heterocycles. The van der Waals surface area contributed by atoms with Gasteiger partial charge < -0.3 is 10.5 Å². The lowest BCUT2D eigenvalue weighted by molar-refractivity contribution is -0.0498. The predicted octanol–water partition coefficient (Wildman–Crippen LogP) is 3.64. The zero-order chi connectivity index (χ0) is 13.8. The summed E-state index contributed by atoms with van der Waals surface area (Å²) in [5.74, 6) is 0.135. The summed E-state index contributed by atoms with van der Waals surface area (Å²) in [4.78, 5) is 0. The number of halogens is 2. The molecule has 0 amide bonds. The maximum Gasteiger partial charge on any atom is 0.387 e. The first-order valence-corrected chi connectivity index (χ1v) is 5.94. The van der Waals surface area contributed by atoms with E-state index >= 15 is 0 Å². The topological polar surface area (TPSA) is 35.2 Å². The summed E-state index contributed by atoms with van der Waals surface area (Å²) >= 11 is 0. The van der Waals surface area contributed by atoms with Crippen LogP contribution in [0, 0.1) is 6.92 Å². The predicted molar refractivity (Wildman–Crippen MR) is 70.3 cm³/mol. The van der Waals surface area contributed by atoms with Crippen LogP contribution in [0.2, 0.25) is 0 Å². The lowest BCUT2D eigenvalue weighted by atomic mass is 9.96. The van der Waals surface area contributed by atoms with E-state index in [2.05, 4.69) is 4.74 Å². The van der Waals surface area contributed by atoms with Crippen molar-refractivity contribution in [3.63, 3.8) is 0 Å². The number of ether oxygens (including phenoxy) is 1. The highest BCUT2D eigenvalue weighted by Gasteiger charge is 2.11. The molecule has 0 heterocycles. The largest absolute Gasteiger partial charge is 0.435 e. The summed E-state index contributed by atoms with van der Waals surface area (Å²) in [7, 11) is 0. The van der Waals surface area contributed by atoms with Crippen LogP contribution in [0.3, 0.4) is 0 Å². The van der Waals surface area contributed by atoms with Crippen LogP contribution < -0.4 is 10.5 Å². The molecule has 2 nitrogen and oxygen atoms in total. The minimum atomic E-state index is -2.81. The monoisotopic (exact) mass is 263 g/mol. The number of alkyl halides is 2. The average molecular weight is 263 g/mol. The second-order valence-electron chi connectivity index (χ2n) is 4.28. The van der Waals surface area contributed by atoms with Crippen LogP contribution in [0.15, 0.2) is 48.5 Å². The standard InChI is InChI=1S/C15H15F2NO/c1-10-4-2-3-5-13(10)14(18)11-6-8-12(9-7-11)19-15(16)17/h2-9,14-15H,18H2,1H3. The van der Waals surface area contributed by atoms with Crippen LogP contribution >= 0.6 is 0 Å². The van der Waals surface area contributed by atoms with Gasteiger partial charge in [0, 0.05) is 0 Å². The fraction of sp³-hybridized carbons (Fsp3) is 0.200. The van der Waals surface area contributed by atoms with E-state index < -0.39 is 6.61 Å². The SMILES string of the molecule is Cc1ccccc1C(N)c1ccc(OC(F)F)cc1. The third-order valence-corrected chi connectivity index (χ3v) is 2.99. The fourth-order valence-corrected chi connectivity index (χ4v) is 1.97. The molecule has 0 radical (unpaired) electrons. The second-order valence-corrected chi connectivity index (χ2v) is 4.28. The molecule has 4 heteroatoms. The molecule has 0 aliphatic heterocycles. The molecule has 0 saturated heterocycles. The van der Waals surface area contributed by atoms with Gasteiger partial charge in [-0.05, 0) is 35.7 Å². The molecule has 2 aromatic carbocycles. The lowest BCUT2D eigenvalue weighted by Gasteiger charge is -2.15. The van der Waals surface area contributed by atoms with Gasteiger partial charge in [-0.2, -0.15) is 8.78 Å². The van der Waals surface area contributed by atoms with Gasteiger partial charge in [-0.3, -0.25) is 0 Å². The molecule has 100 valence electrons. The third kappa shape index (κ3) is 3.29. The van der Waals surface area contributed by atoms with Crippen LogP contribution in [0.4, 0.5) is 8.78 Å². The van der Waals surface area contributed by atoms with E-state index in [9.17, 15) is 8.78 Å². The van der Waals surface area contributed by atoms with Crippen molar-refractivity contribution in [1.29, 1.82) is 0 Å². The lowest BCUT2D eigenvalue weighted by Crippen LogP contribution is -2.13. The molecule has 0 bridgehead atoms. The quantitative estimate of drug-likeness (QED) is 0.914. The fourth-order valence-electron chi connectivity index (χ4n) is 1.97. The molecule has 0 aliphatic rings. The first-order chi connectivity index (χ1) is 9.08. The number of aryl methyl sites for hydroxylation is 1. The van der Waals surface area contributed by atoms with Crippen molar-refractivity contribution in [2.75, 3.05) is 0 Å². The van der Waals surface area contributed by atoms with Crippen molar-refractivity contribution in [2.45, 2.75) is 19.6 Å². The van der Waals surface area contributed by atoms with Gasteiger partial charge >= 0.3 is 6.61 Å². The Morgan fingerprint density at radius 1 is 1.00 bits per heavy atom. The summed E-state index contributed by atoms with van der Waals surface area (Å²) in [6, 6.07) is 14.0. The summed E-state index contributed by atoms with van der Waals surface area (Å²) < 4.78 is 28.4. The van der Waals surface area contributed by atoms with Gasteiger partial charge in [0.05, 0.1) is 6.04 Å². The molecule has 0 spiro atoms. The first kappa shape index (κ1) is 13.5. The highest BCUT2D eigenvalue weighted by Crippen LogP contribution is 2.24. The van der Waals surface area contributed by atoms with Crippen molar-refractivity contribution >= 4 is 0 Å². The van der Waals surface area contributed by atoms with Crippen LogP contribution in [0.1, 0.15) is 22.7 Å². The van der Waals surface area contributed by atoms with Gasteiger partial charge in [0.1, 0.15) is 5.75 Å². The highest BCUT2D eigenvalue weighted by molar-refractivity contribution is 5.38. The van der Waals surface area contributed by atoms with E-state index in [4.69, 9.17) is 5.73 Å². The molecule has 0 fully saturated rings. The Kier molecular flexibility index (Phi) is 4.12. The molecule has 1 atom stereocenters. The summed E-state index contributed by atoms with van der Waals surface area (Å²) in [6.45, 7) is -0.820. The minimum Gasteiger partial charge on any atom is -0.435 e. The number of benzene rings is 2. The third-order valence-electron chi connectivity index (χ3n) is 2.99. The summed E-state index contributed by atoms with van der Waals surface area (Å²) in [6.07, 6.45) is 0. The van der Waals surface area contributed by atoms with Crippen molar-refractivity contribution in [3.05, 3.63) is 65.2 Å². The Morgan fingerprint density at radius 2 is 1.63 bits per heavy atom. The Labute approximate surface area is 110 Å². The molecular weight excluding hydrogens is 248 g/mol. The van der Waals surface area contributed by atoms with Gasteiger partial charge in [0.15, 0.2) is 0 Å². The van der Waals surface area contributed by atoms with Crippen molar-refractivity contribution in [3.8, 4) is 5.75 Å². The van der Waals surface area contributed by atoms with Crippen molar-refractivity contribution in [1.82, 2.24) is 0 Å². The Morgan fingerprint density at radius 3 is 2.21 bits per heavy atom. The number of nitrogens with two attached hydrogens (primary N) is 1. The van der Waals surface area contributed by atoms with Gasteiger partial charge in [0.2, 0.25) is 0 Å². The van der Waals surface area contributed by atoms with Crippen LogP contribution in [-0.4, -0.2) is 6.61 Å². The highest BCUT2D eigenvalue weighted by atomic mass is 19.3. The molecular formula is C15H15F2NO. The Balaban J connectivity index is 2.20. The maximum absolute atomic E-state index is 12.1. The van der Waals surface area contributed by atoms with Crippen molar-refractivity contribution < 1.29 is 13.5 Å². The van der Waals surface area contributed by atoms with Gasteiger partial charge in [-0.1, -0.05) is 36.4 Å². The van der Waals surface area contributed by atoms with Crippen LogP contribution in [-0.2, 0) is 0 Å². The van der Waals surface area contributed by atoms with E-state index in [0.717, 1.165) is 16.7 Å². The summed E-state index contributed by atoms with van der Waals surface area (Å²) in [5.41, 5.74) is 9.16. The summed E-state index contributed by atoms with van der Waals surface area (Å²) in [5, 5.41) is 0. The Bertz CT molecular complexity index is 540. The molecule has 0 saturated carbocycles. The van der Waals surface area contributed by atoms with E-state index in [1.165, 1.54) is 12.1 Å². The molecule has 19 heavy (non-hydrogen) atoms. The minimum absolute atomic E-state index is 0.135. The molecule has 1 unspecified atom stereocenters. The van der Waals surface area contributed by atoms with E-state index in [1.807, 2.05) is 31.2 Å². The van der Waals surface area contributed by atoms with Gasteiger partial charge in [-0.25, -0.2) is 0 Å². The normalized spacial score (nSPS) is 12.5. The molecule has 0 aliphatic carbocycles. The van der Waals surface area contributed by atoms with E-state index in [0.29, 0.717) is 0 Å². The zero-order valence-electron chi connectivity index (χ0n) is 10.5. The van der Waals surface area contributed by atoms with E-state index in [-0.39, 0.29) is 11.8 Å². The van der Waals surface area contributed by atoms with Crippen molar-refractivity contribution in [2.24, 2.45) is 5.73 Å². The number of hydrogen-bond donors (Lipinski definition) is 1. The maximum atomic E-state index is 12.1. The molecule has 2 N–H and O–H groups in total. The smallest absolute Gasteiger partial charge is 0.387 e. The average Bonchev–Trinajstić information content (AvgIpc) is 2.39. The van der Waals surface area contributed by atoms with Gasteiger partial charge in [0.25, 0.3) is 0 Å². The van der Waals surface area contributed by atoms with E-state index in [1.54, 1.807) is 12.1 Å². The van der Waals surface area contributed by atoms with Crippen LogP contribution in [0.5, 0.6) is 5.75 Å². The first-order valence-electron chi connectivity index (χ1n) is 5.94. The number of hydrogen-bond acceptors (Lipinski definition) is 2. The zero-order valence-corrected chi connectivity index (χ0v) is 10.5.